The molecular weight excluding hydrogens is 544 g/mol. The van der Waals surface area contributed by atoms with Gasteiger partial charge in [-0.1, -0.05) is 36.3 Å². The highest BCUT2D eigenvalue weighted by Crippen LogP contribution is 2.38. The molecule has 0 unspecified atom stereocenters. The van der Waals surface area contributed by atoms with Gasteiger partial charge in [-0.05, 0) is 78.2 Å². The molecule has 40 heavy (non-hydrogen) atoms. The Kier molecular flexibility index (Phi) is 9.51. The summed E-state index contributed by atoms with van der Waals surface area (Å²) in [7, 11) is -2.99. The van der Waals surface area contributed by atoms with E-state index >= 15 is 0 Å². The van der Waals surface area contributed by atoms with E-state index in [1.807, 2.05) is 55.5 Å². The van der Waals surface area contributed by atoms with Crippen LogP contribution in [0.2, 0.25) is 0 Å². The first-order chi connectivity index (χ1) is 19.1. The van der Waals surface area contributed by atoms with Gasteiger partial charge in [0.2, 0.25) is 0 Å². The average Bonchev–Trinajstić information content (AvgIpc) is 3.32. The number of sulfone groups is 1. The second kappa shape index (κ2) is 13.0. The summed E-state index contributed by atoms with van der Waals surface area (Å²) in [4.78, 5) is 11.2. The lowest BCUT2D eigenvalue weighted by Gasteiger charge is -2.12. The fraction of sp³-hybridized carbons (Fsp3) is 0.281. The van der Waals surface area contributed by atoms with Crippen LogP contribution in [0, 0.1) is 18.8 Å². The summed E-state index contributed by atoms with van der Waals surface area (Å²) in [5.41, 5.74) is 5.16. The lowest BCUT2D eigenvalue weighted by Crippen LogP contribution is -2.08. The molecule has 0 bridgehead atoms. The van der Waals surface area contributed by atoms with Crippen LogP contribution in [0.4, 0.5) is 0 Å². The molecule has 0 aliphatic heterocycles. The minimum absolute atomic E-state index is 0.0275. The number of thiophene rings is 1. The Hall–Kier alpha value is -3.80. The standard InChI is InChI=1S/C32H32O6S2/c1-4-6-25(18-32(33)34)24-9-7-23(8-10-24)20-38-27-12-14-31-29(19-27)30(21-39-31)28-13-11-26(17-22(28)2)37-15-5-16-40(3,35)36/h7-14,17,19,21,25H,5,15-16,18,20H2,1-3H3,(H,33,34)/t25-/m0/s1. The van der Waals surface area contributed by atoms with Crippen molar-refractivity contribution in [2.75, 3.05) is 18.6 Å². The number of hydrogen-bond acceptors (Lipinski definition) is 6. The summed E-state index contributed by atoms with van der Waals surface area (Å²) in [6, 6.07) is 19.8. The highest BCUT2D eigenvalue weighted by molar-refractivity contribution is 7.90. The third-order valence-corrected chi connectivity index (χ3v) is 8.44. The molecule has 1 aromatic heterocycles. The molecule has 6 nitrogen and oxygen atoms in total. The van der Waals surface area contributed by atoms with Crippen molar-refractivity contribution in [3.63, 3.8) is 0 Å². The molecule has 1 heterocycles. The largest absolute Gasteiger partial charge is 0.494 e. The molecule has 4 rings (SSSR count). The van der Waals surface area contributed by atoms with Crippen LogP contribution in [0.5, 0.6) is 11.5 Å². The molecule has 0 saturated heterocycles. The van der Waals surface area contributed by atoms with Gasteiger partial charge in [0.25, 0.3) is 0 Å². The van der Waals surface area contributed by atoms with Gasteiger partial charge in [0.1, 0.15) is 27.9 Å². The number of rotatable bonds is 12. The molecule has 0 aliphatic carbocycles. The van der Waals surface area contributed by atoms with Crippen molar-refractivity contribution < 1.29 is 27.8 Å². The number of carboxylic acids is 1. The van der Waals surface area contributed by atoms with Crippen LogP contribution in [0.15, 0.2) is 66.0 Å². The number of carboxylic acid groups (broad SMARTS) is 1. The zero-order valence-electron chi connectivity index (χ0n) is 22.8. The van der Waals surface area contributed by atoms with Gasteiger partial charge >= 0.3 is 5.97 Å². The first kappa shape index (κ1) is 29.2. The fourth-order valence-electron chi connectivity index (χ4n) is 4.46. The van der Waals surface area contributed by atoms with Crippen molar-refractivity contribution in [1.82, 2.24) is 0 Å². The summed E-state index contributed by atoms with van der Waals surface area (Å²) in [6.07, 6.45) is 1.66. The van der Waals surface area contributed by atoms with Crippen LogP contribution >= 0.6 is 11.3 Å². The predicted octanol–water partition coefficient (Wildman–Crippen LogP) is 6.85. The Morgan fingerprint density at radius 1 is 1.00 bits per heavy atom. The smallest absolute Gasteiger partial charge is 0.304 e. The van der Waals surface area contributed by atoms with Gasteiger partial charge in [-0.2, -0.15) is 0 Å². The van der Waals surface area contributed by atoms with E-state index in [9.17, 15) is 13.2 Å². The molecular formula is C32H32O6S2. The molecule has 0 fully saturated rings. The fourth-order valence-corrected chi connectivity index (χ4v) is 6.04. The highest BCUT2D eigenvalue weighted by Gasteiger charge is 2.14. The van der Waals surface area contributed by atoms with Crippen LogP contribution < -0.4 is 9.47 Å². The van der Waals surface area contributed by atoms with E-state index in [2.05, 4.69) is 29.4 Å². The van der Waals surface area contributed by atoms with E-state index in [0.717, 1.165) is 49.4 Å². The van der Waals surface area contributed by atoms with Gasteiger partial charge in [-0.25, -0.2) is 8.42 Å². The molecule has 0 radical (unpaired) electrons. The van der Waals surface area contributed by atoms with E-state index in [4.69, 9.17) is 14.6 Å². The van der Waals surface area contributed by atoms with Gasteiger partial charge in [-0.15, -0.1) is 17.3 Å². The summed E-state index contributed by atoms with van der Waals surface area (Å²) in [5.74, 6) is 6.19. The highest BCUT2D eigenvalue weighted by atomic mass is 32.2. The maximum absolute atomic E-state index is 11.3. The van der Waals surface area contributed by atoms with Crippen LogP contribution in [0.3, 0.4) is 0 Å². The number of fused-ring (bicyclic) bond motifs is 1. The lowest BCUT2D eigenvalue weighted by molar-refractivity contribution is -0.137. The van der Waals surface area contributed by atoms with Crippen LogP contribution in [-0.4, -0.2) is 38.1 Å². The third kappa shape index (κ3) is 7.87. The monoisotopic (exact) mass is 576 g/mol. The Labute approximate surface area is 239 Å². The van der Waals surface area contributed by atoms with Gasteiger partial charge in [0.05, 0.1) is 24.7 Å². The van der Waals surface area contributed by atoms with E-state index in [0.29, 0.717) is 19.6 Å². The Bertz CT molecular complexity index is 1660. The van der Waals surface area contributed by atoms with Crippen molar-refractivity contribution in [1.29, 1.82) is 0 Å². The first-order valence-corrected chi connectivity index (χ1v) is 15.9. The van der Waals surface area contributed by atoms with E-state index in [1.165, 1.54) is 6.26 Å². The molecule has 4 aromatic rings. The van der Waals surface area contributed by atoms with Crippen molar-refractivity contribution in [2.45, 2.75) is 39.2 Å². The van der Waals surface area contributed by atoms with Crippen molar-refractivity contribution in [2.24, 2.45) is 0 Å². The van der Waals surface area contributed by atoms with Gasteiger partial charge in [0.15, 0.2) is 0 Å². The topological polar surface area (TPSA) is 89.9 Å². The SMILES string of the molecule is CC#C[C@@H](CC(=O)O)c1ccc(COc2ccc3scc(-c4ccc(OCCCS(C)(=O)=O)cc4C)c3c2)cc1. The summed E-state index contributed by atoms with van der Waals surface area (Å²) in [5, 5.41) is 12.4. The maximum Gasteiger partial charge on any atom is 0.304 e. The number of benzene rings is 3. The number of hydrogen-bond donors (Lipinski definition) is 1. The molecule has 0 spiro atoms. The molecule has 0 amide bonds. The van der Waals surface area contributed by atoms with Gasteiger partial charge in [0, 0.05) is 21.9 Å². The summed E-state index contributed by atoms with van der Waals surface area (Å²) in [6.45, 7) is 4.50. The van der Waals surface area contributed by atoms with Crippen molar-refractivity contribution >= 4 is 37.2 Å². The quantitative estimate of drug-likeness (QED) is 0.147. The normalized spacial score (nSPS) is 12.0. The molecule has 8 heteroatoms. The summed E-state index contributed by atoms with van der Waals surface area (Å²) >= 11 is 1.68. The maximum atomic E-state index is 11.3. The number of aryl methyl sites for hydroxylation is 1. The Morgan fingerprint density at radius 3 is 2.40 bits per heavy atom. The van der Waals surface area contributed by atoms with Crippen molar-refractivity contribution in [3.8, 4) is 34.5 Å². The molecule has 1 N–H and O–H groups in total. The average molecular weight is 577 g/mol. The summed E-state index contributed by atoms with van der Waals surface area (Å²) < 4.78 is 35.7. The second-order valence-corrected chi connectivity index (χ2v) is 12.9. The van der Waals surface area contributed by atoms with E-state index in [-0.39, 0.29) is 18.1 Å². The second-order valence-electron chi connectivity index (χ2n) is 9.69. The number of aliphatic carboxylic acids is 1. The first-order valence-electron chi connectivity index (χ1n) is 12.9. The lowest BCUT2D eigenvalue weighted by atomic mass is 9.95. The molecule has 0 saturated carbocycles. The van der Waals surface area contributed by atoms with Crippen LogP contribution in [0.25, 0.3) is 21.2 Å². The minimum atomic E-state index is -2.99. The van der Waals surface area contributed by atoms with E-state index < -0.39 is 15.8 Å². The Morgan fingerprint density at radius 2 is 1.73 bits per heavy atom. The molecule has 1 atom stereocenters. The minimum Gasteiger partial charge on any atom is -0.494 e. The van der Waals surface area contributed by atoms with E-state index in [1.54, 1.807) is 18.3 Å². The Balaban J connectivity index is 1.44. The van der Waals surface area contributed by atoms with Gasteiger partial charge in [-0.3, -0.25) is 4.79 Å². The third-order valence-electron chi connectivity index (χ3n) is 6.45. The van der Waals surface area contributed by atoms with Gasteiger partial charge < -0.3 is 14.6 Å². The van der Waals surface area contributed by atoms with Crippen LogP contribution in [0.1, 0.15) is 42.4 Å². The zero-order chi connectivity index (χ0) is 28.7. The zero-order valence-corrected chi connectivity index (χ0v) is 24.4. The molecule has 208 valence electrons. The number of ether oxygens (including phenoxy) is 2. The molecule has 0 aliphatic rings. The number of carbonyl (C=O) groups is 1. The van der Waals surface area contributed by atoms with Crippen LogP contribution in [-0.2, 0) is 21.2 Å². The predicted molar refractivity (Wildman–Crippen MR) is 161 cm³/mol. The van der Waals surface area contributed by atoms with Crippen molar-refractivity contribution in [3.05, 3.63) is 82.7 Å². The molecule has 3 aromatic carbocycles.